The summed E-state index contributed by atoms with van der Waals surface area (Å²) in [5, 5.41) is 0. The van der Waals surface area contributed by atoms with Crippen LogP contribution in [0.25, 0.3) is 0 Å². The number of hydrogen-bond donors (Lipinski definition) is 2. The molecule has 0 spiro atoms. The Morgan fingerprint density at radius 1 is 1.42 bits per heavy atom. The van der Waals surface area contributed by atoms with Gasteiger partial charge in [-0.25, -0.2) is 5.84 Å². The fraction of sp³-hybridized carbons (Fsp3) is 0.533. The molecule has 106 valence electrons. The van der Waals surface area contributed by atoms with Gasteiger partial charge in [0.2, 0.25) is 0 Å². The molecule has 4 nitrogen and oxygen atoms in total. The molecule has 1 unspecified atom stereocenters. The Bertz CT molecular complexity index is 406. The molecule has 3 N–H and O–H groups in total. The summed E-state index contributed by atoms with van der Waals surface area (Å²) in [5.74, 6) is 5.60. The molecule has 0 bridgehead atoms. The van der Waals surface area contributed by atoms with Crippen LogP contribution in [0.15, 0.2) is 24.3 Å². The van der Waals surface area contributed by atoms with E-state index in [1.165, 1.54) is 6.42 Å². The summed E-state index contributed by atoms with van der Waals surface area (Å²) in [6.45, 7) is 9.61. The van der Waals surface area contributed by atoms with Crippen LogP contribution < -0.4 is 11.3 Å². The van der Waals surface area contributed by atoms with Gasteiger partial charge in [0, 0.05) is 18.7 Å². The highest BCUT2D eigenvalue weighted by Crippen LogP contribution is 2.11. The molecule has 19 heavy (non-hydrogen) atoms. The molecule has 0 radical (unpaired) electrons. The molecule has 0 fully saturated rings. The molecular formula is C15H25N3O. The van der Waals surface area contributed by atoms with E-state index in [1.54, 1.807) is 6.07 Å². The quantitative estimate of drug-likeness (QED) is 0.450. The number of rotatable bonds is 7. The fourth-order valence-electron chi connectivity index (χ4n) is 2.03. The van der Waals surface area contributed by atoms with Gasteiger partial charge in [-0.3, -0.25) is 15.1 Å². The molecule has 0 aliphatic rings. The van der Waals surface area contributed by atoms with Crippen molar-refractivity contribution in [2.24, 2.45) is 11.8 Å². The van der Waals surface area contributed by atoms with Gasteiger partial charge in [-0.15, -0.1) is 0 Å². The monoisotopic (exact) mass is 263 g/mol. The maximum atomic E-state index is 11.5. The van der Waals surface area contributed by atoms with Gasteiger partial charge in [0.15, 0.2) is 0 Å². The van der Waals surface area contributed by atoms with Gasteiger partial charge in [-0.2, -0.15) is 0 Å². The molecule has 1 aromatic rings. The smallest absolute Gasteiger partial charge is 0.265 e. The summed E-state index contributed by atoms with van der Waals surface area (Å²) in [4.78, 5) is 13.9. The van der Waals surface area contributed by atoms with Gasteiger partial charge < -0.3 is 0 Å². The highest BCUT2D eigenvalue weighted by atomic mass is 16.2. The first kappa shape index (κ1) is 15.7. The number of amides is 1. The number of hydrazine groups is 1. The Kier molecular flexibility index (Phi) is 6.53. The molecule has 4 heteroatoms. The normalized spacial score (nSPS) is 12.5. The van der Waals surface area contributed by atoms with Crippen LogP contribution in [0.1, 0.15) is 43.1 Å². The van der Waals surface area contributed by atoms with Crippen molar-refractivity contribution in [3.05, 3.63) is 35.4 Å². The lowest BCUT2D eigenvalue weighted by atomic mass is 10.1. The predicted molar refractivity (Wildman–Crippen MR) is 78.5 cm³/mol. The van der Waals surface area contributed by atoms with Gasteiger partial charge >= 0.3 is 0 Å². The zero-order valence-corrected chi connectivity index (χ0v) is 12.1. The molecule has 1 atom stereocenters. The minimum absolute atomic E-state index is 0.244. The van der Waals surface area contributed by atoms with Crippen molar-refractivity contribution >= 4 is 5.91 Å². The number of hydrogen-bond acceptors (Lipinski definition) is 3. The average Bonchev–Trinajstić information content (AvgIpc) is 2.45. The lowest BCUT2D eigenvalue weighted by Gasteiger charge is -2.24. The molecule has 1 rings (SSSR count). The molecular weight excluding hydrogens is 238 g/mol. The summed E-state index contributed by atoms with van der Waals surface area (Å²) in [6.07, 6.45) is 1.19. The van der Waals surface area contributed by atoms with E-state index in [0.29, 0.717) is 11.5 Å². The highest BCUT2D eigenvalue weighted by molar-refractivity contribution is 5.93. The highest BCUT2D eigenvalue weighted by Gasteiger charge is 2.09. The van der Waals surface area contributed by atoms with Crippen LogP contribution in [0.4, 0.5) is 0 Å². The first-order valence-electron chi connectivity index (χ1n) is 6.92. The summed E-state index contributed by atoms with van der Waals surface area (Å²) in [5.41, 5.74) is 3.92. The second-order valence-electron chi connectivity index (χ2n) is 5.01. The zero-order chi connectivity index (χ0) is 14.3. The van der Waals surface area contributed by atoms with Gasteiger partial charge in [-0.1, -0.05) is 39.3 Å². The SMILES string of the molecule is CCC(C)CN(CC)Cc1cccc(C(=O)NN)c1. The van der Waals surface area contributed by atoms with Crippen molar-refractivity contribution in [3.8, 4) is 0 Å². The van der Waals surface area contributed by atoms with Crippen LogP contribution in [0.5, 0.6) is 0 Å². The Balaban J connectivity index is 2.71. The first-order valence-corrected chi connectivity index (χ1v) is 6.92. The summed E-state index contributed by atoms with van der Waals surface area (Å²) < 4.78 is 0. The second-order valence-corrected chi connectivity index (χ2v) is 5.01. The van der Waals surface area contributed by atoms with Crippen molar-refractivity contribution in [3.63, 3.8) is 0 Å². The first-order chi connectivity index (χ1) is 9.10. The summed E-state index contributed by atoms with van der Waals surface area (Å²) in [7, 11) is 0. The molecule has 0 heterocycles. The van der Waals surface area contributed by atoms with Crippen LogP contribution in [0.3, 0.4) is 0 Å². The van der Waals surface area contributed by atoms with Crippen LogP contribution in [0.2, 0.25) is 0 Å². The van der Waals surface area contributed by atoms with E-state index in [1.807, 2.05) is 18.2 Å². The minimum Gasteiger partial charge on any atom is -0.299 e. The number of benzene rings is 1. The second kappa shape index (κ2) is 7.92. The number of carbonyl (C=O) groups excluding carboxylic acids is 1. The zero-order valence-electron chi connectivity index (χ0n) is 12.1. The Morgan fingerprint density at radius 3 is 2.74 bits per heavy atom. The Hall–Kier alpha value is -1.39. The molecule has 0 saturated heterocycles. The van der Waals surface area contributed by atoms with Crippen molar-refractivity contribution in [2.45, 2.75) is 33.7 Å². The van der Waals surface area contributed by atoms with Crippen LogP contribution in [-0.4, -0.2) is 23.9 Å². The maximum Gasteiger partial charge on any atom is 0.265 e. The summed E-state index contributed by atoms with van der Waals surface area (Å²) in [6, 6.07) is 7.63. The topological polar surface area (TPSA) is 58.4 Å². The third-order valence-electron chi connectivity index (χ3n) is 3.44. The fourth-order valence-corrected chi connectivity index (χ4v) is 2.03. The molecule has 0 aliphatic carbocycles. The summed E-state index contributed by atoms with van der Waals surface area (Å²) >= 11 is 0. The number of nitrogens with one attached hydrogen (secondary N) is 1. The van der Waals surface area contributed by atoms with E-state index in [-0.39, 0.29) is 5.91 Å². The van der Waals surface area contributed by atoms with E-state index in [4.69, 9.17) is 5.84 Å². The molecule has 0 saturated carbocycles. The van der Waals surface area contributed by atoms with E-state index in [2.05, 4.69) is 31.1 Å². The largest absolute Gasteiger partial charge is 0.299 e. The third-order valence-corrected chi connectivity index (χ3v) is 3.44. The van der Waals surface area contributed by atoms with E-state index in [0.717, 1.165) is 25.2 Å². The van der Waals surface area contributed by atoms with Gasteiger partial charge in [-0.05, 0) is 30.2 Å². The molecule has 0 aromatic heterocycles. The molecule has 1 amide bonds. The lowest BCUT2D eigenvalue weighted by molar-refractivity contribution is 0.0953. The molecule has 0 aliphatic heterocycles. The number of nitrogen functional groups attached to an aromatic ring is 1. The van der Waals surface area contributed by atoms with Crippen LogP contribution >= 0.6 is 0 Å². The number of nitrogens with zero attached hydrogens (tertiary/aromatic N) is 1. The maximum absolute atomic E-state index is 11.5. The van der Waals surface area contributed by atoms with Crippen LogP contribution in [-0.2, 0) is 6.54 Å². The predicted octanol–water partition coefficient (Wildman–Crippen LogP) is 2.16. The van der Waals surface area contributed by atoms with Gasteiger partial charge in [0.1, 0.15) is 0 Å². The van der Waals surface area contributed by atoms with E-state index >= 15 is 0 Å². The third kappa shape index (κ3) is 5.01. The van der Waals surface area contributed by atoms with E-state index in [9.17, 15) is 4.79 Å². The van der Waals surface area contributed by atoms with Crippen molar-refractivity contribution in [1.82, 2.24) is 10.3 Å². The number of nitrogens with two attached hydrogens (primary N) is 1. The number of carbonyl (C=O) groups is 1. The van der Waals surface area contributed by atoms with E-state index < -0.39 is 0 Å². The standard InChI is InChI=1S/C15H25N3O/c1-4-12(3)10-18(5-2)11-13-7-6-8-14(9-13)15(19)17-16/h6-9,12H,4-5,10-11,16H2,1-3H3,(H,17,19). The molecule has 1 aromatic carbocycles. The minimum atomic E-state index is -0.244. The Labute approximate surface area is 115 Å². The van der Waals surface area contributed by atoms with Crippen LogP contribution in [0, 0.1) is 5.92 Å². The lowest BCUT2D eigenvalue weighted by Crippen LogP contribution is -2.30. The van der Waals surface area contributed by atoms with Crippen molar-refractivity contribution in [2.75, 3.05) is 13.1 Å². The van der Waals surface area contributed by atoms with Gasteiger partial charge in [0.05, 0.1) is 0 Å². The Morgan fingerprint density at radius 2 is 2.16 bits per heavy atom. The van der Waals surface area contributed by atoms with Crippen molar-refractivity contribution in [1.29, 1.82) is 0 Å². The van der Waals surface area contributed by atoms with Gasteiger partial charge in [0.25, 0.3) is 5.91 Å². The average molecular weight is 263 g/mol. The van der Waals surface area contributed by atoms with Crippen molar-refractivity contribution < 1.29 is 4.79 Å².